The summed E-state index contributed by atoms with van der Waals surface area (Å²) < 4.78 is 20.6. The highest BCUT2D eigenvalue weighted by Gasteiger charge is 2.22. The van der Waals surface area contributed by atoms with Gasteiger partial charge in [0, 0.05) is 39.1 Å². The maximum atomic E-state index is 11.5. The zero-order valence-electron chi connectivity index (χ0n) is 14.6. The molecule has 0 bridgehead atoms. The first kappa shape index (κ1) is 18.9. The molecular weight excluding hydrogens is 344 g/mol. The van der Waals surface area contributed by atoms with Crippen LogP contribution in [0.1, 0.15) is 27.7 Å². The van der Waals surface area contributed by atoms with Gasteiger partial charge in [-0.2, -0.15) is 0 Å². The predicted octanol–water partition coefficient (Wildman–Crippen LogP) is 2.54. The molecule has 0 fully saturated rings. The normalized spacial score (nSPS) is 10.2. The molecule has 0 unspecified atom stereocenters. The smallest absolute Gasteiger partial charge is 0.308 e. The Morgan fingerprint density at radius 2 is 1.15 bits per heavy atom. The third-order valence-corrected chi connectivity index (χ3v) is 3.01. The summed E-state index contributed by atoms with van der Waals surface area (Å²) in [5, 5.41) is 0.471. The number of esters is 4. The number of rotatable bonds is 4. The summed E-state index contributed by atoms with van der Waals surface area (Å²) in [6, 6.07) is 5.79. The monoisotopic (exact) mass is 360 g/mol. The molecule has 0 aliphatic rings. The number of benzene rings is 2. The Morgan fingerprint density at radius 3 is 1.69 bits per heavy atom. The van der Waals surface area contributed by atoms with Crippen LogP contribution < -0.4 is 18.9 Å². The van der Waals surface area contributed by atoms with Crippen molar-refractivity contribution in [3.05, 3.63) is 24.3 Å². The van der Waals surface area contributed by atoms with E-state index in [1.807, 2.05) is 0 Å². The van der Waals surface area contributed by atoms with Gasteiger partial charge in [0.2, 0.25) is 0 Å². The summed E-state index contributed by atoms with van der Waals surface area (Å²) in [6.07, 6.45) is 0. The van der Waals surface area contributed by atoms with Gasteiger partial charge < -0.3 is 18.9 Å². The molecule has 0 amide bonds. The first-order valence-electron chi connectivity index (χ1n) is 7.52. The van der Waals surface area contributed by atoms with E-state index in [1.165, 1.54) is 39.8 Å². The second-order valence-corrected chi connectivity index (χ2v) is 5.26. The van der Waals surface area contributed by atoms with Gasteiger partial charge in [0.05, 0.1) is 5.39 Å². The van der Waals surface area contributed by atoms with Crippen molar-refractivity contribution in [1.29, 1.82) is 0 Å². The maximum Gasteiger partial charge on any atom is 0.308 e. The molecule has 0 aliphatic heterocycles. The van der Waals surface area contributed by atoms with Crippen LogP contribution in [0.5, 0.6) is 23.0 Å². The standard InChI is InChI=1S/C18H16O8/c1-9(19)23-14-7-5-6-13-17(14)15(24-10(2)20)8-16(25-11(3)21)18(13)26-12(4)22/h5-8H,1-4H3. The van der Waals surface area contributed by atoms with Crippen molar-refractivity contribution >= 4 is 34.6 Å². The third kappa shape index (κ3) is 4.35. The van der Waals surface area contributed by atoms with Crippen LogP contribution in [-0.4, -0.2) is 23.9 Å². The van der Waals surface area contributed by atoms with E-state index in [0.29, 0.717) is 0 Å². The van der Waals surface area contributed by atoms with E-state index < -0.39 is 23.9 Å². The Bertz CT molecular complexity index is 913. The Labute approximate surface area is 148 Å². The molecule has 2 rings (SSSR count). The molecule has 0 atom stereocenters. The summed E-state index contributed by atoms with van der Waals surface area (Å²) in [6.45, 7) is 4.75. The molecule has 0 N–H and O–H groups in total. The van der Waals surface area contributed by atoms with E-state index in [0.717, 1.165) is 0 Å². The topological polar surface area (TPSA) is 105 Å². The van der Waals surface area contributed by atoms with Gasteiger partial charge in [-0.1, -0.05) is 12.1 Å². The minimum atomic E-state index is -0.664. The van der Waals surface area contributed by atoms with Gasteiger partial charge in [-0.25, -0.2) is 0 Å². The van der Waals surface area contributed by atoms with E-state index in [9.17, 15) is 19.2 Å². The lowest BCUT2D eigenvalue weighted by Crippen LogP contribution is -2.10. The molecule has 0 radical (unpaired) electrons. The average molecular weight is 360 g/mol. The van der Waals surface area contributed by atoms with Crippen molar-refractivity contribution in [2.75, 3.05) is 0 Å². The maximum absolute atomic E-state index is 11.5. The summed E-state index contributed by atoms with van der Waals surface area (Å²) in [5.74, 6) is -2.66. The fraction of sp³-hybridized carbons (Fsp3) is 0.222. The minimum absolute atomic E-state index is 0.0171. The van der Waals surface area contributed by atoms with Gasteiger partial charge >= 0.3 is 23.9 Å². The Kier molecular flexibility index (Phi) is 5.56. The SMILES string of the molecule is CC(=O)Oc1cc(OC(C)=O)c2c(OC(C)=O)cccc2c1OC(C)=O. The van der Waals surface area contributed by atoms with Crippen LogP contribution in [0.15, 0.2) is 24.3 Å². The molecule has 0 aliphatic carbocycles. The number of ether oxygens (including phenoxy) is 4. The van der Waals surface area contributed by atoms with Gasteiger partial charge in [0.25, 0.3) is 0 Å². The largest absolute Gasteiger partial charge is 0.426 e. The van der Waals surface area contributed by atoms with Crippen LogP contribution in [0, 0.1) is 0 Å². The quantitative estimate of drug-likeness (QED) is 0.605. The van der Waals surface area contributed by atoms with Crippen molar-refractivity contribution in [3.63, 3.8) is 0 Å². The van der Waals surface area contributed by atoms with E-state index in [-0.39, 0.29) is 33.8 Å². The summed E-state index contributed by atoms with van der Waals surface area (Å²) >= 11 is 0. The second-order valence-electron chi connectivity index (χ2n) is 5.26. The molecule has 0 aromatic heterocycles. The fourth-order valence-electron chi connectivity index (χ4n) is 2.32. The van der Waals surface area contributed by atoms with Gasteiger partial charge in [-0.05, 0) is 6.07 Å². The lowest BCUT2D eigenvalue weighted by atomic mass is 10.1. The Balaban J connectivity index is 2.87. The Morgan fingerprint density at radius 1 is 0.654 bits per heavy atom. The summed E-state index contributed by atoms with van der Waals surface area (Å²) in [5.41, 5.74) is 0. The second kappa shape index (κ2) is 7.64. The van der Waals surface area contributed by atoms with E-state index >= 15 is 0 Å². The molecular formula is C18H16O8. The minimum Gasteiger partial charge on any atom is -0.426 e. The zero-order valence-corrected chi connectivity index (χ0v) is 14.6. The lowest BCUT2D eigenvalue weighted by Gasteiger charge is -2.16. The number of fused-ring (bicyclic) bond motifs is 1. The van der Waals surface area contributed by atoms with Crippen molar-refractivity contribution in [1.82, 2.24) is 0 Å². The molecule has 0 spiro atoms. The van der Waals surface area contributed by atoms with Crippen LogP contribution in [-0.2, 0) is 19.2 Å². The van der Waals surface area contributed by atoms with Crippen LogP contribution in [0.4, 0.5) is 0 Å². The average Bonchev–Trinajstić information content (AvgIpc) is 2.48. The molecule has 8 heteroatoms. The molecule has 0 saturated carbocycles. The highest BCUT2D eigenvalue weighted by Crippen LogP contribution is 2.45. The first-order valence-corrected chi connectivity index (χ1v) is 7.52. The van der Waals surface area contributed by atoms with Gasteiger partial charge in [-0.3, -0.25) is 19.2 Å². The predicted molar refractivity (Wildman–Crippen MR) is 89.2 cm³/mol. The van der Waals surface area contributed by atoms with Crippen LogP contribution >= 0.6 is 0 Å². The van der Waals surface area contributed by atoms with E-state index in [2.05, 4.69) is 0 Å². The van der Waals surface area contributed by atoms with Crippen molar-refractivity contribution < 1.29 is 38.1 Å². The molecule has 0 saturated heterocycles. The number of hydrogen-bond acceptors (Lipinski definition) is 8. The van der Waals surface area contributed by atoms with Gasteiger partial charge in [0.1, 0.15) is 11.5 Å². The molecule has 2 aromatic rings. The highest BCUT2D eigenvalue weighted by molar-refractivity contribution is 6.03. The van der Waals surface area contributed by atoms with Crippen molar-refractivity contribution in [3.8, 4) is 23.0 Å². The highest BCUT2D eigenvalue weighted by atomic mass is 16.6. The van der Waals surface area contributed by atoms with Crippen LogP contribution in [0.25, 0.3) is 10.8 Å². The number of carbonyl (C=O) groups excluding carboxylic acids is 4. The summed E-state index contributed by atoms with van der Waals surface area (Å²) in [7, 11) is 0. The molecule has 2 aromatic carbocycles. The van der Waals surface area contributed by atoms with Crippen LogP contribution in [0.3, 0.4) is 0 Å². The van der Waals surface area contributed by atoms with Gasteiger partial charge in [-0.15, -0.1) is 0 Å². The molecule has 26 heavy (non-hydrogen) atoms. The third-order valence-electron chi connectivity index (χ3n) is 3.01. The van der Waals surface area contributed by atoms with Crippen LogP contribution in [0.2, 0.25) is 0 Å². The van der Waals surface area contributed by atoms with Gasteiger partial charge in [0.15, 0.2) is 11.5 Å². The number of hydrogen-bond donors (Lipinski definition) is 0. The van der Waals surface area contributed by atoms with Crippen molar-refractivity contribution in [2.45, 2.75) is 27.7 Å². The summed E-state index contributed by atoms with van der Waals surface area (Å²) in [4.78, 5) is 45.7. The molecule has 136 valence electrons. The van der Waals surface area contributed by atoms with E-state index in [1.54, 1.807) is 12.1 Å². The number of carbonyl (C=O) groups is 4. The van der Waals surface area contributed by atoms with Crippen molar-refractivity contribution in [2.24, 2.45) is 0 Å². The Hall–Kier alpha value is -3.42. The first-order chi connectivity index (χ1) is 12.2. The van der Waals surface area contributed by atoms with E-state index in [4.69, 9.17) is 18.9 Å². The molecule has 8 nitrogen and oxygen atoms in total. The zero-order chi connectivity index (χ0) is 19.4. The lowest BCUT2D eigenvalue weighted by molar-refractivity contribution is -0.134. The molecule has 0 heterocycles. The fourth-order valence-corrected chi connectivity index (χ4v) is 2.32.